The van der Waals surface area contributed by atoms with Crippen LogP contribution in [-0.2, 0) is 35.0 Å². The monoisotopic (exact) mass is 435 g/mol. The van der Waals surface area contributed by atoms with Gasteiger partial charge in [-0.1, -0.05) is 42.5 Å². The number of halogens is 3. The summed E-state index contributed by atoms with van der Waals surface area (Å²) in [6, 6.07) is 16.0. The molecule has 30 heavy (non-hydrogen) atoms. The van der Waals surface area contributed by atoms with Gasteiger partial charge in [-0.25, -0.2) is 0 Å². The van der Waals surface area contributed by atoms with Gasteiger partial charge in [-0.2, -0.15) is 18.3 Å². The number of benzene rings is 2. The topological polar surface area (TPSA) is 64.0 Å². The molecule has 1 amide bonds. The van der Waals surface area contributed by atoms with E-state index in [-0.39, 0.29) is 12.3 Å². The summed E-state index contributed by atoms with van der Waals surface area (Å²) in [5.41, 5.74) is 0.367. The number of rotatable bonds is 7. The smallest absolute Gasteiger partial charge is 0.322 e. The molecule has 0 radical (unpaired) electrons. The zero-order chi connectivity index (χ0) is 21.7. The molecule has 0 saturated heterocycles. The molecule has 0 saturated carbocycles. The van der Waals surface area contributed by atoms with Gasteiger partial charge in [-0.05, 0) is 30.2 Å². The lowest BCUT2D eigenvalue weighted by molar-refractivity contribution is -0.144. The highest BCUT2D eigenvalue weighted by Gasteiger charge is 2.39. The summed E-state index contributed by atoms with van der Waals surface area (Å²) in [7, 11) is -1.17. The van der Waals surface area contributed by atoms with Crippen LogP contribution >= 0.6 is 0 Å². The van der Waals surface area contributed by atoms with Crippen LogP contribution in [0.3, 0.4) is 0 Å². The molecule has 1 heterocycles. The Morgan fingerprint density at radius 3 is 2.40 bits per heavy atom. The van der Waals surface area contributed by atoms with E-state index in [0.29, 0.717) is 17.0 Å². The second kappa shape index (κ2) is 9.25. The molecule has 0 aliphatic heterocycles. The average molecular weight is 435 g/mol. The number of alkyl halides is 3. The maximum atomic E-state index is 13.3. The third-order valence-corrected chi connectivity index (χ3v) is 5.65. The van der Waals surface area contributed by atoms with E-state index in [1.54, 1.807) is 24.3 Å². The Kier molecular flexibility index (Phi) is 6.71. The van der Waals surface area contributed by atoms with E-state index in [1.165, 1.54) is 6.92 Å². The molecule has 0 aliphatic rings. The molecule has 0 aliphatic carbocycles. The van der Waals surface area contributed by atoms with Crippen LogP contribution in [0.2, 0.25) is 0 Å². The molecule has 1 unspecified atom stereocenters. The van der Waals surface area contributed by atoms with Crippen molar-refractivity contribution in [2.45, 2.75) is 31.2 Å². The van der Waals surface area contributed by atoms with Crippen molar-refractivity contribution >= 4 is 22.4 Å². The number of carbonyl (C=O) groups excluding carboxylic acids is 1. The van der Waals surface area contributed by atoms with Crippen molar-refractivity contribution in [3.8, 4) is 0 Å². The number of aryl methyl sites for hydroxylation is 1. The van der Waals surface area contributed by atoms with Gasteiger partial charge in [0.05, 0.1) is 11.8 Å². The van der Waals surface area contributed by atoms with Crippen molar-refractivity contribution in [3.05, 3.63) is 83.2 Å². The number of nitrogens with zero attached hydrogens (tertiary/aromatic N) is 2. The SMILES string of the molecule is CCn1ncc(C(=O)Nc2cccc(CS(=O)Cc3ccccc3)c2)c1C(F)(F)F. The number of amides is 1. The van der Waals surface area contributed by atoms with Crippen molar-refractivity contribution in [2.75, 3.05) is 5.32 Å². The molecule has 1 aromatic heterocycles. The molecule has 9 heteroatoms. The van der Waals surface area contributed by atoms with Gasteiger partial charge in [0.15, 0.2) is 5.69 Å². The Bertz CT molecular complexity index is 1050. The first-order valence-corrected chi connectivity index (χ1v) is 10.7. The highest BCUT2D eigenvalue weighted by molar-refractivity contribution is 7.83. The van der Waals surface area contributed by atoms with Crippen LogP contribution in [0.1, 0.15) is 34.1 Å². The number of aromatic nitrogens is 2. The minimum absolute atomic E-state index is 0.00909. The molecule has 0 fully saturated rings. The number of nitrogens with one attached hydrogen (secondary N) is 1. The molecule has 0 spiro atoms. The standard InChI is InChI=1S/C21H20F3N3O2S/c1-2-27-19(21(22,23)24)18(12-25-27)20(28)26-17-10-6-9-16(11-17)14-30(29)13-15-7-4-3-5-8-15/h3-12H,2,13-14H2,1H3,(H,26,28). The Hall–Kier alpha value is -2.94. The van der Waals surface area contributed by atoms with Gasteiger partial charge in [-0.3, -0.25) is 13.7 Å². The van der Waals surface area contributed by atoms with E-state index >= 15 is 0 Å². The molecule has 2 aromatic carbocycles. The number of hydrogen-bond donors (Lipinski definition) is 1. The van der Waals surface area contributed by atoms with Crippen molar-refractivity contribution in [3.63, 3.8) is 0 Å². The van der Waals surface area contributed by atoms with Crippen molar-refractivity contribution in [1.82, 2.24) is 9.78 Å². The molecular weight excluding hydrogens is 415 g/mol. The van der Waals surface area contributed by atoms with Crippen LogP contribution in [-0.4, -0.2) is 19.9 Å². The fraction of sp³-hybridized carbons (Fsp3) is 0.238. The first-order chi connectivity index (χ1) is 14.3. The van der Waals surface area contributed by atoms with E-state index in [9.17, 15) is 22.2 Å². The molecular formula is C21H20F3N3O2S. The highest BCUT2D eigenvalue weighted by atomic mass is 32.2. The third kappa shape index (κ3) is 5.35. The Balaban J connectivity index is 1.72. The van der Waals surface area contributed by atoms with Gasteiger partial charge in [0.2, 0.25) is 0 Å². The van der Waals surface area contributed by atoms with Gasteiger partial charge in [0, 0.05) is 34.5 Å². The van der Waals surface area contributed by atoms with Crippen LogP contribution in [0.4, 0.5) is 18.9 Å². The van der Waals surface area contributed by atoms with Gasteiger partial charge in [0.1, 0.15) is 0 Å². The van der Waals surface area contributed by atoms with Crippen molar-refractivity contribution in [2.24, 2.45) is 0 Å². The summed E-state index contributed by atoms with van der Waals surface area (Å²) in [5, 5.41) is 6.14. The van der Waals surface area contributed by atoms with Gasteiger partial charge >= 0.3 is 6.18 Å². The Morgan fingerprint density at radius 2 is 1.73 bits per heavy atom. The quantitative estimate of drug-likeness (QED) is 0.589. The predicted molar refractivity (Wildman–Crippen MR) is 109 cm³/mol. The van der Waals surface area contributed by atoms with E-state index in [1.807, 2.05) is 30.3 Å². The largest absolute Gasteiger partial charge is 0.433 e. The van der Waals surface area contributed by atoms with Crippen LogP contribution in [0, 0.1) is 0 Å². The maximum Gasteiger partial charge on any atom is 0.433 e. The van der Waals surface area contributed by atoms with Gasteiger partial charge < -0.3 is 5.32 Å². The minimum atomic E-state index is -4.70. The first kappa shape index (κ1) is 21.8. The molecule has 3 rings (SSSR count). The number of anilines is 1. The summed E-state index contributed by atoms with van der Waals surface area (Å²) in [6.07, 6.45) is -3.78. The molecule has 1 atom stereocenters. The van der Waals surface area contributed by atoms with Gasteiger partial charge in [-0.15, -0.1) is 0 Å². The molecule has 158 valence electrons. The first-order valence-electron chi connectivity index (χ1n) is 9.20. The van der Waals surface area contributed by atoms with Crippen molar-refractivity contribution in [1.29, 1.82) is 0 Å². The highest BCUT2D eigenvalue weighted by Crippen LogP contribution is 2.32. The Labute approximate surface area is 174 Å². The van der Waals surface area contributed by atoms with Crippen LogP contribution in [0.25, 0.3) is 0 Å². The van der Waals surface area contributed by atoms with Crippen LogP contribution in [0.5, 0.6) is 0 Å². The fourth-order valence-corrected chi connectivity index (χ4v) is 4.24. The summed E-state index contributed by atoms with van der Waals surface area (Å²) in [5.74, 6) is -0.243. The fourth-order valence-electron chi connectivity index (χ4n) is 3.02. The zero-order valence-corrected chi connectivity index (χ0v) is 17.0. The predicted octanol–water partition coefficient (Wildman–Crippen LogP) is 4.62. The third-order valence-electron chi connectivity index (χ3n) is 4.34. The van der Waals surface area contributed by atoms with E-state index in [0.717, 1.165) is 16.4 Å². The number of hydrogen-bond acceptors (Lipinski definition) is 3. The average Bonchev–Trinajstić information content (AvgIpc) is 3.14. The lowest BCUT2D eigenvalue weighted by Gasteiger charge is -2.12. The van der Waals surface area contributed by atoms with Crippen molar-refractivity contribution < 1.29 is 22.2 Å². The molecule has 1 N–H and O–H groups in total. The number of carbonyl (C=O) groups is 1. The lowest BCUT2D eigenvalue weighted by Crippen LogP contribution is -2.21. The summed E-state index contributed by atoms with van der Waals surface area (Å²) in [6.45, 7) is 1.51. The van der Waals surface area contributed by atoms with E-state index in [4.69, 9.17) is 0 Å². The molecule has 5 nitrogen and oxygen atoms in total. The zero-order valence-electron chi connectivity index (χ0n) is 16.1. The van der Waals surface area contributed by atoms with Crippen LogP contribution in [0.15, 0.2) is 60.8 Å². The van der Waals surface area contributed by atoms with Crippen LogP contribution < -0.4 is 5.32 Å². The summed E-state index contributed by atoms with van der Waals surface area (Å²) < 4.78 is 53.2. The van der Waals surface area contributed by atoms with E-state index < -0.39 is 34.1 Å². The summed E-state index contributed by atoms with van der Waals surface area (Å²) in [4.78, 5) is 12.5. The lowest BCUT2D eigenvalue weighted by atomic mass is 10.2. The van der Waals surface area contributed by atoms with E-state index in [2.05, 4.69) is 10.4 Å². The maximum absolute atomic E-state index is 13.3. The molecule has 3 aromatic rings. The second-order valence-electron chi connectivity index (χ2n) is 6.59. The normalized spacial score (nSPS) is 12.5. The second-order valence-corrected chi connectivity index (χ2v) is 8.05. The minimum Gasteiger partial charge on any atom is -0.322 e. The molecule has 0 bridgehead atoms. The summed E-state index contributed by atoms with van der Waals surface area (Å²) >= 11 is 0. The van der Waals surface area contributed by atoms with Gasteiger partial charge in [0.25, 0.3) is 5.91 Å². The Morgan fingerprint density at radius 1 is 1.07 bits per heavy atom.